The number of carboxylic acids is 1. The third-order valence-corrected chi connectivity index (χ3v) is 3.07. The number of hydrogen-bond donors (Lipinski definition) is 2. The molecule has 0 saturated heterocycles. The number of hydrogen-bond acceptors (Lipinski definition) is 3. The Labute approximate surface area is 84.6 Å². The van der Waals surface area contributed by atoms with E-state index in [1.807, 2.05) is 0 Å². The first-order chi connectivity index (χ1) is 6.69. The SMILES string of the molecule is CCC1CC[C@@H](C(=O)O)CC1ONC. The summed E-state index contributed by atoms with van der Waals surface area (Å²) in [6, 6.07) is 0. The molecule has 0 bridgehead atoms. The Balaban J connectivity index is 2.52. The highest BCUT2D eigenvalue weighted by molar-refractivity contribution is 5.70. The van der Waals surface area contributed by atoms with Crippen molar-refractivity contribution < 1.29 is 14.7 Å². The van der Waals surface area contributed by atoms with Crippen LogP contribution in [0.2, 0.25) is 0 Å². The Hall–Kier alpha value is -0.610. The Morgan fingerprint density at radius 2 is 2.29 bits per heavy atom. The molecule has 14 heavy (non-hydrogen) atoms. The fourth-order valence-electron chi connectivity index (χ4n) is 2.18. The van der Waals surface area contributed by atoms with Gasteiger partial charge in [-0.1, -0.05) is 13.3 Å². The largest absolute Gasteiger partial charge is 0.481 e. The summed E-state index contributed by atoms with van der Waals surface area (Å²) in [6.07, 6.45) is 3.49. The maximum atomic E-state index is 10.8. The zero-order valence-electron chi connectivity index (χ0n) is 8.82. The monoisotopic (exact) mass is 201 g/mol. The van der Waals surface area contributed by atoms with Crippen LogP contribution in [0.3, 0.4) is 0 Å². The predicted molar refractivity (Wildman–Crippen MR) is 52.7 cm³/mol. The molecule has 0 spiro atoms. The molecule has 1 fully saturated rings. The molecule has 0 aliphatic heterocycles. The van der Waals surface area contributed by atoms with Crippen LogP contribution in [-0.2, 0) is 9.63 Å². The van der Waals surface area contributed by atoms with Gasteiger partial charge < -0.3 is 5.11 Å². The van der Waals surface area contributed by atoms with Crippen molar-refractivity contribution in [2.24, 2.45) is 11.8 Å². The summed E-state index contributed by atoms with van der Waals surface area (Å²) in [6.45, 7) is 2.12. The van der Waals surface area contributed by atoms with Crippen molar-refractivity contribution >= 4 is 5.97 Å². The van der Waals surface area contributed by atoms with Crippen LogP contribution in [0.25, 0.3) is 0 Å². The van der Waals surface area contributed by atoms with Gasteiger partial charge in [0, 0.05) is 7.05 Å². The lowest BCUT2D eigenvalue weighted by atomic mass is 9.79. The molecule has 0 heterocycles. The van der Waals surface area contributed by atoms with Crippen molar-refractivity contribution in [3.8, 4) is 0 Å². The summed E-state index contributed by atoms with van der Waals surface area (Å²) in [5.41, 5.74) is 2.67. The molecule has 0 amide bonds. The standard InChI is InChI=1S/C10H19NO3/c1-3-7-4-5-8(10(12)13)6-9(7)14-11-2/h7-9,11H,3-6H2,1-2H3,(H,12,13)/t7?,8-,9?/m1/s1. The minimum atomic E-state index is -0.691. The van der Waals surface area contributed by atoms with Crippen molar-refractivity contribution in [2.45, 2.75) is 38.7 Å². The second kappa shape index (κ2) is 5.32. The topological polar surface area (TPSA) is 58.6 Å². The number of carbonyl (C=O) groups is 1. The van der Waals surface area contributed by atoms with Crippen molar-refractivity contribution in [1.82, 2.24) is 5.48 Å². The lowest BCUT2D eigenvalue weighted by Crippen LogP contribution is -2.37. The molecular weight excluding hydrogens is 182 g/mol. The molecule has 1 saturated carbocycles. The van der Waals surface area contributed by atoms with Gasteiger partial charge in [0.1, 0.15) is 0 Å². The average Bonchev–Trinajstić information content (AvgIpc) is 2.18. The van der Waals surface area contributed by atoms with Gasteiger partial charge in [-0.25, -0.2) is 5.48 Å². The fourth-order valence-corrected chi connectivity index (χ4v) is 2.18. The molecule has 4 heteroatoms. The third kappa shape index (κ3) is 2.69. The van der Waals surface area contributed by atoms with E-state index < -0.39 is 5.97 Å². The van der Waals surface area contributed by atoms with Gasteiger partial charge in [-0.2, -0.15) is 0 Å². The average molecular weight is 201 g/mol. The van der Waals surface area contributed by atoms with E-state index in [4.69, 9.17) is 9.94 Å². The van der Waals surface area contributed by atoms with Gasteiger partial charge in [0.25, 0.3) is 0 Å². The maximum Gasteiger partial charge on any atom is 0.306 e. The molecule has 0 aromatic rings. The molecule has 3 atom stereocenters. The molecule has 1 rings (SSSR count). The lowest BCUT2D eigenvalue weighted by molar-refractivity contribution is -0.148. The zero-order valence-corrected chi connectivity index (χ0v) is 8.82. The van der Waals surface area contributed by atoms with Crippen molar-refractivity contribution in [3.05, 3.63) is 0 Å². The molecular formula is C10H19NO3. The van der Waals surface area contributed by atoms with Gasteiger partial charge in [0.05, 0.1) is 12.0 Å². The van der Waals surface area contributed by atoms with Gasteiger partial charge in [-0.15, -0.1) is 0 Å². The van der Waals surface area contributed by atoms with E-state index in [0.29, 0.717) is 12.3 Å². The van der Waals surface area contributed by atoms with E-state index in [1.165, 1.54) is 0 Å². The van der Waals surface area contributed by atoms with Gasteiger partial charge in [-0.05, 0) is 25.2 Å². The Bertz CT molecular complexity index is 196. The molecule has 1 aliphatic carbocycles. The highest BCUT2D eigenvalue weighted by atomic mass is 16.7. The zero-order chi connectivity index (χ0) is 10.6. The van der Waals surface area contributed by atoms with Gasteiger partial charge in [0.15, 0.2) is 0 Å². The molecule has 2 unspecified atom stereocenters. The van der Waals surface area contributed by atoms with Crippen LogP contribution >= 0.6 is 0 Å². The normalized spacial score (nSPS) is 32.9. The third-order valence-electron chi connectivity index (χ3n) is 3.07. The summed E-state index contributed by atoms with van der Waals surface area (Å²) in [7, 11) is 1.72. The van der Waals surface area contributed by atoms with E-state index in [0.717, 1.165) is 19.3 Å². The summed E-state index contributed by atoms with van der Waals surface area (Å²) in [5, 5.41) is 8.91. The molecule has 0 aromatic heterocycles. The van der Waals surface area contributed by atoms with Crippen LogP contribution in [0, 0.1) is 11.8 Å². The van der Waals surface area contributed by atoms with Crippen molar-refractivity contribution in [1.29, 1.82) is 0 Å². The van der Waals surface area contributed by atoms with Gasteiger partial charge in [0.2, 0.25) is 0 Å². The molecule has 0 radical (unpaired) electrons. The Kier molecular flexibility index (Phi) is 4.35. The first kappa shape index (κ1) is 11.5. The van der Waals surface area contributed by atoms with E-state index in [9.17, 15) is 4.79 Å². The minimum Gasteiger partial charge on any atom is -0.481 e. The highest BCUT2D eigenvalue weighted by Gasteiger charge is 2.33. The molecule has 0 aromatic carbocycles. The van der Waals surface area contributed by atoms with Crippen LogP contribution < -0.4 is 5.48 Å². The summed E-state index contributed by atoms with van der Waals surface area (Å²) in [5.74, 6) is -0.418. The quantitative estimate of drug-likeness (QED) is 0.675. The molecule has 1 aliphatic rings. The van der Waals surface area contributed by atoms with Crippen molar-refractivity contribution in [3.63, 3.8) is 0 Å². The van der Waals surface area contributed by atoms with Crippen LogP contribution in [0.15, 0.2) is 0 Å². The number of hydroxylamine groups is 1. The smallest absolute Gasteiger partial charge is 0.306 e. The Morgan fingerprint density at radius 3 is 2.79 bits per heavy atom. The van der Waals surface area contributed by atoms with Gasteiger partial charge in [-0.3, -0.25) is 9.63 Å². The first-order valence-corrected chi connectivity index (χ1v) is 5.24. The summed E-state index contributed by atoms with van der Waals surface area (Å²) in [4.78, 5) is 16.2. The Morgan fingerprint density at radius 1 is 1.57 bits per heavy atom. The van der Waals surface area contributed by atoms with Crippen LogP contribution in [0.1, 0.15) is 32.6 Å². The molecule has 4 nitrogen and oxygen atoms in total. The van der Waals surface area contributed by atoms with Crippen LogP contribution in [0.4, 0.5) is 0 Å². The second-order valence-corrected chi connectivity index (χ2v) is 3.88. The van der Waals surface area contributed by atoms with E-state index in [-0.39, 0.29) is 12.0 Å². The predicted octanol–water partition coefficient (Wildman–Crippen LogP) is 1.42. The first-order valence-electron chi connectivity index (χ1n) is 5.24. The van der Waals surface area contributed by atoms with E-state index >= 15 is 0 Å². The van der Waals surface area contributed by atoms with Crippen LogP contribution in [-0.4, -0.2) is 24.2 Å². The van der Waals surface area contributed by atoms with Crippen molar-refractivity contribution in [2.75, 3.05) is 7.05 Å². The number of carboxylic acid groups (broad SMARTS) is 1. The lowest BCUT2D eigenvalue weighted by Gasteiger charge is -2.33. The maximum absolute atomic E-state index is 10.8. The summed E-state index contributed by atoms with van der Waals surface area (Å²) >= 11 is 0. The van der Waals surface area contributed by atoms with E-state index in [2.05, 4.69) is 12.4 Å². The number of rotatable bonds is 4. The number of nitrogens with one attached hydrogen (secondary N) is 1. The van der Waals surface area contributed by atoms with Gasteiger partial charge >= 0.3 is 5.97 Å². The minimum absolute atomic E-state index is 0.0554. The fraction of sp³-hybridized carbons (Fsp3) is 0.900. The second-order valence-electron chi connectivity index (χ2n) is 3.88. The summed E-state index contributed by atoms with van der Waals surface area (Å²) < 4.78 is 0. The highest BCUT2D eigenvalue weighted by Crippen LogP contribution is 2.32. The molecule has 2 N–H and O–H groups in total. The number of aliphatic carboxylic acids is 1. The molecule has 82 valence electrons. The van der Waals surface area contributed by atoms with Crippen LogP contribution in [0.5, 0.6) is 0 Å². The van der Waals surface area contributed by atoms with E-state index in [1.54, 1.807) is 7.05 Å².